The first-order valence-corrected chi connectivity index (χ1v) is 4.78. The van der Waals surface area contributed by atoms with Crippen LogP contribution in [0.2, 0.25) is 0 Å². The van der Waals surface area contributed by atoms with E-state index in [1.807, 2.05) is 0 Å². The van der Waals surface area contributed by atoms with E-state index in [1.54, 1.807) is 14.0 Å². The van der Waals surface area contributed by atoms with E-state index in [0.29, 0.717) is 6.42 Å². The molecule has 0 aromatic carbocycles. The number of hydrogen-bond donors (Lipinski definition) is 4. The first kappa shape index (κ1) is 9.06. The minimum Gasteiger partial charge on any atom is -0.389 e. The third-order valence-corrected chi connectivity index (χ3v) is 2.86. The van der Waals surface area contributed by atoms with Crippen LogP contribution in [0.3, 0.4) is 0 Å². The fourth-order valence-corrected chi connectivity index (χ4v) is 1.61. The number of rotatable bonds is 3. The van der Waals surface area contributed by atoms with Crippen LogP contribution in [0.1, 0.15) is 13.3 Å². The van der Waals surface area contributed by atoms with Gasteiger partial charge in [0.25, 0.3) is 0 Å². The zero-order valence-electron chi connectivity index (χ0n) is 5.63. The summed E-state index contributed by atoms with van der Waals surface area (Å²) in [6.07, 6.45) is 0.520. The molecule has 0 fully saturated rings. The number of hydrogen-bond acceptors (Lipinski definition) is 4. The molecule has 0 saturated carbocycles. The van der Waals surface area contributed by atoms with E-state index >= 15 is 0 Å². The van der Waals surface area contributed by atoms with Crippen molar-refractivity contribution in [2.45, 2.75) is 19.0 Å². The second kappa shape index (κ2) is 3.28. The third-order valence-electron chi connectivity index (χ3n) is 1.22. The molecule has 0 aliphatic heterocycles. The van der Waals surface area contributed by atoms with Gasteiger partial charge >= 0.3 is 8.80 Å². The van der Waals surface area contributed by atoms with Gasteiger partial charge in [-0.1, -0.05) is 6.92 Å². The number of nitrogens with one attached hydrogen (secondary N) is 1. The van der Waals surface area contributed by atoms with Gasteiger partial charge in [-0.3, -0.25) is 0 Å². The van der Waals surface area contributed by atoms with Crippen molar-refractivity contribution in [3.05, 3.63) is 0 Å². The fraction of sp³-hybridized carbons (Fsp3) is 1.00. The maximum absolute atomic E-state index is 8.66. The van der Waals surface area contributed by atoms with Crippen molar-refractivity contribution >= 4 is 8.80 Å². The topological polar surface area (TPSA) is 72.7 Å². The minimum atomic E-state index is -3.90. The zero-order chi connectivity index (χ0) is 7.49. The van der Waals surface area contributed by atoms with E-state index in [1.165, 1.54) is 0 Å². The van der Waals surface area contributed by atoms with E-state index in [9.17, 15) is 0 Å². The van der Waals surface area contributed by atoms with E-state index in [-0.39, 0.29) is 0 Å². The van der Waals surface area contributed by atoms with Crippen LogP contribution in [0.15, 0.2) is 0 Å². The van der Waals surface area contributed by atoms with Crippen LogP contribution in [0.5, 0.6) is 0 Å². The zero-order valence-corrected chi connectivity index (χ0v) is 6.63. The molecule has 9 heavy (non-hydrogen) atoms. The van der Waals surface area contributed by atoms with Crippen LogP contribution >= 0.6 is 0 Å². The lowest BCUT2D eigenvalue weighted by Gasteiger charge is -2.19. The van der Waals surface area contributed by atoms with Crippen LogP contribution in [0, 0.1) is 0 Å². The summed E-state index contributed by atoms with van der Waals surface area (Å²) in [5.41, 5.74) is -0.544. The van der Waals surface area contributed by atoms with E-state index in [4.69, 9.17) is 14.4 Å². The Bertz CT molecular complexity index is 78.4. The lowest BCUT2D eigenvalue weighted by Crippen LogP contribution is -2.54. The van der Waals surface area contributed by atoms with Crippen molar-refractivity contribution in [1.29, 1.82) is 0 Å². The summed E-state index contributed by atoms with van der Waals surface area (Å²) in [6, 6.07) is 0. The van der Waals surface area contributed by atoms with E-state index < -0.39 is 14.5 Å². The predicted molar refractivity (Wildman–Crippen MR) is 35.5 cm³/mol. The van der Waals surface area contributed by atoms with Gasteiger partial charge in [0.05, 0.1) is 5.67 Å². The van der Waals surface area contributed by atoms with Gasteiger partial charge in [0.15, 0.2) is 0 Å². The Labute approximate surface area is 55.5 Å². The second-order valence-corrected chi connectivity index (χ2v) is 4.01. The average Bonchev–Trinajstić information content (AvgIpc) is 1.65. The maximum Gasteiger partial charge on any atom is 0.510 e. The predicted octanol–water partition coefficient (Wildman–Crippen LogP) is -1.56. The van der Waals surface area contributed by atoms with Crippen LogP contribution < -0.4 is 5.32 Å². The molecule has 0 aromatic rings. The molecule has 4 nitrogen and oxygen atoms in total. The summed E-state index contributed by atoms with van der Waals surface area (Å²) < 4.78 is 0. The molecule has 4 N–H and O–H groups in total. The van der Waals surface area contributed by atoms with Gasteiger partial charge in [0.1, 0.15) is 0 Å². The summed E-state index contributed by atoms with van der Waals surface area (Å²) in [7, 11) is -2.32. The standard InChI is InChI=1S/C4H13NO3Si/c1-3-4(5-2)9(6,7)8/h4-8H,3H2,1-2H3. The summed E-state index contributed by atoms with van der Waals surface area (Å²) in [6.45, 7) is 1.77. The Hall–Kier alpha value is 0.0569. The summed E-state index contributed by atoms with van der Waals surface area (Å²) in [5.74, 6) is 0. The Morgan fingerprint density at radius 3 is 1.89 bits per heavy atom. The van der Waals surface area contributed by atoms with Gasteiger partial charge < -0.3 is 19.7 Å². The van der Waals surface area contributed by atoms with Gasteiger partial charge in [-0.05, 0) is 13.5 Å². The first-order valence-electron chi connectivity index (χ1n) is 2.86. The Kier molecular flexibility index (Phi) is 3.30. The Balaban J connectivity index is 3.79. The molecule has 5 heteroatoms. The van der Waals surface area contributed by atoms with Gasteiger partial charge in [0.2, 0.25) is 0 Å². The minimum absolute atomic E-state index is 0.520. The smallest absolute Gasteiger partial charge is 0.389 e. The molecule has 56 valence electrons. The van der Waals surface area contributed by atoms with Crippen molar-refractivity contribution in [2.75, 3.05) is 7.05 Å². The van der Waals surface area contributed by atoms with Crippen LogP contribution in [-0.2, 0) is 0 Å². The maximum atomic E-state index is 8.66. The Morgan fingerprint density at radius 2 is 1.89 bits per heavy atom. The largest absolute Gasteiger partial charge is 0.510 e. The highest BCUT2D eigenvalue weighted by molar-refractivity contribution is 6.58. The van der Waals surface area contributed by atoms with E-state index in [0.717, 1.165) is 0 Å². The van der Waals surface area contributed by atoms with Crippen LogP contribution in [-0.4, -0.2) is 35.9 Å². The van der Waals surface area contributed by atoms with Gasteiger partial charge in [0, 0.05) is 0 Å². The normalized spacial score (nSPS) is 15.7. The van der Waals surface area contributed by atoms with Gasteiger partial charge in [-0.15, -0.1) is 0 Å². The first-order chi connectivity index (χ1) is 4.02. The molecular weight excluding hydrogens is 138 g/mol. The average molecular weight is 151 g/mol. The molecule has 0 aliphatic carbocycles. The molecule has 1 atom stereocenters. The molecular formula is C4H13NO3Si. The molecule has 0 heterocycles. The molecule has 0 bridgehead atoms. The molecule has 0 saturated heterocycles. The van der Waals surface area contributed by atoms with Crippen molar-refractivity contribution < 1.29 is 14.4 Å². The Morgan fingerprint density at radius 1 is 1.44 bits per heavy atom. The lowest BCUT2D eigenvalue weighted by atomic mass is 10.5. The van der Waals surface area contributed by atoms with Crippen LogP contribution in [0.4, 0.5) is 0 Å². The van der Waals surface area contributed by atoms with E-state index in [2.05, 4.69) is 5.32 Å². The van der Waals surface area contributed by atoms with Gasteiger partial charge in [-0.25, -0.2) is 0 Å². The fourth-order valence-electron chi connectivity index (χ4n) is 0.672. The van der Waals surface area contributed by atoms with Crippen molar-refractivity contribution in [2.24, 2.45) is 0 Å². The third kappa shape index (κ3) is 2.92. The van der Waals surface area contributed by atoms with Crippen molar-refractivity contribution in [1.82, 2.24) is 5.32 Å². The highest BCUT2D eigenvalue weighted by atomic mass is 28.4. The van der Waals surface area contributed by atoms with Gasteiger partial charge in [-0.2, -0.15) is 0 Å². The summed E-state index contributed by atoms with van der Waals surface area (Å²) in [4.78, 5) is 26.0. The molecule has 1 unspecified atom stereocenters. The molecule has 0 radical (unpaired) electrons. The molecule has 0 spiro atoms. The SMILES string of the molecule is CCC(NC)[Si](O)(O)O. The molecule has 0 aromatic heterocycles. The summed E-state index contributed by atoms with van der Waals surface area (Å²) in [5, 5.41) is 2.60. The van der Waals surface area contributed by atoms with Crippen molar-refractivity contribution in [3.63, 3.8) is 0 Å². The lowest BCUT2D eigenvalue weighted by molar-refractivity contribution is 0.203. The molecule has 0 rings (SSSR count). The van der Waals surface area contributed by atoms with Crippen molar-refractivity contribution in [3.8, 4) is 0 Å². The quantitative estimate of drug-likeness (QED) is 0.368. The summed E-state index contributed by atoms with van der Waals surface area (Å²) >= 11 is 0. The molecule has 0 aliphatic rings. The second-order valence-electron chi connectivity index (χ2n) is 1.94. The van der Waals surface area contributed by atoms with Crippen LogP contribution in [0.25, 0.3) is 0 Å². The monoisotopic (exact) mass is 151 g/mol. The molecule has 0 amide bonds. The highest BCUT2D eigenvalue weighted by Crippen LogP contribution is 1.98. The highest BCUT2D eigenvalue weighted by Gasteiger charge is 2.36.